The summed E-state index contributed by atoms with van der Waals surface area (Å²) in [5.41, 5.74) is 0. The first-order valence-electron chi connectivity index (χ1n) is 5.51. The second kappa shape index (κ2) is 3.12. The molecular formula is C12H14O3. The smallest absolute Gasteiger partial charge is 0.306 e. The highest BCUT2D eigenvalue weighted by atomic mass is 16.5. The molecule has 1 N–H and O–H groups in total. The van der Waals surface area contributed by atoms with E-state index in [1.54, 1.807) is 0 Å². The van der Waals surface area contributed by atoms with E-state index in [4.69, 9.17) is 9.84 Å². The maximum absolute atomic E-state index is 10.8. The van der Waals surface area contributed by atoms with Gasteiger partial charge in [0.15, 0.2) is 0 Å². The number of carbonyl (C=O) groups is 1. The van der Waals surface area contributed by atoms with E-state index in [2.05, 4.69) is 6.08 Å². The molecule has 3 aliphatic rings. The minimum absolute atomic E-state index is 0.111. The van der Waals surface area contributed by atoms with Crippen LogP contribution in [-0.2, 0) is 9.53 Å². The Labute approximate surface area is 88.4 Å². The van der Waals surface area contributed by atoms with Crippen molar-refractivity contribution in [1.29, 1.82) is 0 Å². The summed E-state index contributed by atoms with van der Waals surface area (Å²) in [6.07, 6.45) is 8.08. The zero-order chi connectivity index (χ0) is 10.4. The van der Waals surface area contributed by atoms with Crippen molar-refractivity contribution in [3.8, 4) is 0 Å². The fourth-order valence-electron chi connectivity index (χ4n) is 2.88. The van der Waals surface area contributed by atoms with E-state index in [1.807, 2.05) is 12.2 Å². The van der Waals surface area contributed by atoms with Gasteiger partial charge in [-0.25, -0.2) is 0 Å². The van der Waals surface area contributed by atoms with Gasteiger partial charge in [0.1, 0.15) is 0 Å². The summed E-state index contributed by atoms with van der Waals surface area (Å²) in [5.74, 6) is 1.51. The first-order chi connectivity index (χ1) is 7.27. The number of rotatable bonds is 2. The van der Waals surface area contributed by atoms with Crippen LogP contribution in [0, 0.1) is 23.7 Å². The average molecular weight is 206 g/mol. The third-order valence-corrected chi connectivity index (χ3v) is 3.77. The van der Waals surface area contributed by atoms with Gasteiger partial charge in [-0.1, -0.05) is 12.2 Å². The van der Waals surface area contributed by atoms with Gasteiger partial charge in [-0.3, -0.25) is 4.79 Å². The Morgan fingerprint density at radius 1 is 1.53 bits per heavy atom. The number of hydrogen-bond acceptors (Lipinski definition) is 2. The van der Waals surface area contributed by atoms with Gasteiger partial charge in [0.05, 0.1) is 18.3 Å². The van der Waals surface area contributed by atoms with Crippen LogP contribution in [0.2, 0.25) is 0 Å². The molecule has 2 fully saturated rings. The van der Waals surface area contributed by atoms with Gasteiger partial charge in [-0.2, -0.15) is 0 Å². The van der Waals surface area contributed by atoms with Crippen LogP contribution in [-0.4, -0.2) is 17.7 Å². The zero-order valence-corrected chi connectivity index (χ0v) is 8.43. The fraction of sp³-hybridized carbons (Fsp3) is 0.583. The Balaban J connectivity index is 1.76. The lowest BCUT2D eigenvalue weighted by Crippen LogP contribution is -2.18. The maximum Gasteiger partial charge on any atom is 0.306 e. The minimum atomic E-state index is -0.636. The molecule has 0 radical (unpaired) electrons. The average Bonchev–Trinajstić information content (AvgIpc) is 2.87. The van der Waals surface area contributed by atoms with E-state index in [1.165, 1.54) is 0 Å². The van der Waals surface area contributed by atoms with Crippen LogP contribution >= 0.6 is 0 Å². The second-order valence-corrected chi connectivity index (χ2v) is 4.62. The molecule has 3 nitrogen and oxygen atoms in total. The topological polar surface area (TPSA) is 46.5 Å². The Morgan fingerprint density at radius 3 is 3.13 bits per heavy atom. The molecular weight excluding hydrogens is 192 g/mol. The Morgan fingerprint density at radius 2 is 2.40 bits per heavy atom. The van der Waals surface area contributed by atoms with Crippen LogP contribution in [0.15, 0.2) is 24.0 Å². The number of fused-ring (bicyclic) bond motifs is 1. The van der Waals surface area contributed by atoms with E-state index < -0.39 is 5.97 Å². The lowest BCUT2D eigenvalue weighted by molar-refractivity contribution is -0.139. The minimum Gasteiger partial charge on any atom is -0.498 e. The number of ether oxygens (including phenoxy) is 1. The van der Waals surface area contributed by atoms with E-state index in [-0.39, 0.29) is 5.92 Å². The number of allylic oxidation sites excluding steroid dienone is 4. The first kappa shape index (κ1) is 9.01. The summed E-state index contributed by atoms with van der Waals surface area (Å²) in [4.78, 5) is 10.8. The molecule has 0 aromatic heterocycles. The molecule has 3 heteroatoms. The van der Waals surface area contributed by atoms with Gasteiger partial charge in [-0.05, 0) is 30.8 Å². The molecule has 1 saturated heterocycles. The molecule has 1 heterocycles. The van der Waals surface area contributed by atoms with Crippen molar-refractivity contribution in [3.63, 3.8) is 0 Å². The zero-order valence-electron chi connectivity index (χ0n) is 8.43. The Hall–Kier alpha value is -1.25. The number of carboxylic acid groups (broad SMARTS) is 1. The SMILES string of the molecule is O=C(O)[C@@H]1C[C@H]1C1C=CC=C2OCCC21. The maximum atomic E-state index is 10.8. The molecule has 1 aliphatic heterocycles. The molecule has 3 rings (SSSR count). The highest BCUT2D eigenvalue weighted by Gasteiger charge is 2.51. The third kappa shape index (κ3) is 1.37. The summed E-state index contributed by atoms with van der Waals surface area (Å²) in [6.45, 7) is 0.791. The van der Waals surface area contributed by atoms with Crippen molar-refractivity contribution in [2.45, 2.75) is 12.8 Å². The summed E-state index contributed by atoms with van der Waals surface area (Å²) in [5, 5.41) is 8.92. The van der Waals surface area contributed by atoms with Gasteiger partial charge in [0.2, 0.25) is 0 Å². The van der Waals surface area contributed by atoms with Gasteiger partial charge in [0, 0.05) is 5.92 Å². The van der Waals surface area contributed by atoms with E-state index in [0.717, 1.165) is 25.2 Å². The predicted molar refractivity (Wildman–Crippen MR) is 54.0 cm³/mol. The molecule has 4 atom stereocenters. The normalized spacial score (nSPS) is 41.7. The van der Waals surface area contributed by atoms with Crippen LogP contribution in [0.5, 0.6) is 0 Å². The molecule has 1 saturated carbocycles. The van der Waals surface area contributed by atoms with E-state index in [0.29, 0.717) is 17.8 Å². The molecule has 0 bridgehead atoms. The quantitative estimate of drug-likeness (QED) is 0.749. The van der Waals surface area contributed by atoms with Crippen molar-refractivity contribution in [2.75, 3.05) is 6.61 Å². The summed E-state index contributed by atoms with van der Waals surface area (Å²) < 4.78 is 5.52. The van der Waals surface area contributed by atoms with Crippen molar-refractivity contribution >= 4 is 5.97 Å². The van der Waals surface area contributed by atoms with Crippen LogP contribution in [0.4, 0.5) is 0 Å². The Bertz CT molecular complexity index is 356. The van der Waals surface area contributed by atoms with Crippen molar-refractivity contribution in [1.82, 2.24) is 0 Å². The first-order valence-corrected chi connectivity index (χ1v) is 5.51. The molecule has 80 valence electrons. The molecule has 0 amide bonds. The van der Waals surface area contributed by atoms with Crippen molar-refractivity contribution in [3.05, 3.63) is 24.0 Å². The largest absolute Gasteiger partial charge is 0.498 e. The molecule has 2 unspecified atom stereocenters. The molecule has 2 aliphatic carbocycles. The summed E-state index contributed by atoms with van der Waals surface area (Å²) >= 11 is 0. The fourth-order valence-corrected chi connectivity index (χ4v) is 2.88. The second-order valence-electron chi connectivity index (χ2n) is 4.62. The monoisotopic (exact) mass is 206 g/mol. The summed E-state index contributed by atoms with van der Waals surface area (Å²) in [7, 11) is 0. The third-order valence-electron chi connectivity index (χ3n) is 3.77. The van der Waals surface area contributed by atoms with E-state index >= 15 is 0 Å². The van der Waals surface area contributed by atoms with Crippen molar-refractivity contribution < 1.29 is 14.6 Å². The van der Waals surface area contributed by atoms with Crippen LogP contribution in [0.1, 0.15) is 12.8 Å². The molecule has 0 aromatic carbocycles. The highest BCUT2D eigenvalue weighted by molar-refractivity contribution is 5.73. The van der Waals surface area contributed by atoms with Crippen molar-refractivity contribution in [2.24, 2.45) is 23.7 Å². The standard InChI is InChI=1S/C12H14O3/c13-12(14)10-6-9(10)7-2-1-3-11-8(7)4-5-15-11/h1-3,7-10H,4-6H2,(H,13,14)/t7?,8?,9-,10+/m0/s1. The highest BCUT2D eigenvalue weighted by Crippen LogP contribution is 2.52. The number of aliphatic carboxylic acids is 1. The lowest BCUT2D eigenvalue weighted by Gasteiger charge is -2.22. The van der Waals surface area contributed by atoms with E-state index in [9.17, 15) is 4.79 Å². The Kier molecular flexibility index (Phi) is 1.87. The van der Waals surface area contributed by atoms with Gasteiger partial charge in [0.25, 0.3) is 0 Å². The molecule has 0 spiro atoms. The van der Waals surface area contributed by atoms with Crippen LogP contribution in [0.3, 0.4) is 0 Å². The van der Waals surface area contributed by atoms with Crippen LogP contribution < -0.4 is 0 Å². The lowest BCUT2D eigenvalue weighted by atomic mass is 9.82. The van der Waals surface area contributed by atoms with Gasteiger partial charge in [-0.15, -0.1) is 0 Å². The number of hydrogen-bond donors (Lipinski definition) is 1. The summed E-state index contributed by atoms with van der Waals surface area (Å²) in [6, 6.07) is 0. The van der Waals surface area contributed by atoms with Crippen LogP contribution in [0.25, 0.3) is 0 Å². The van der Waals surface area contributed by atoms with Gasteiger partial charge >= 0.3 is 5.97 Å². The molecule has 0 aromatic rings. The predicted octanol–water partition coefficient (Wildman–Crippen LogP) is 1.81. The number of carboxylic acids is 1. The van der Waals surface area contributed by atoms with Gasteiger partial charge < -0.3 is 9.84 Å². The molecule has 15 heavy (non-hydrogen) atoms.